The highest BCUT2D eigenvalue weighted by Gasteiger charge is 2.15. The minimum atomic E-state index is -0.453. The van der Waals surface area contributed by atoms with Gasteiger partial charge in [-0.15, -0.1) is 0 Å². The normalized spacial score (nSPS) is 10.0. The van der Waals surface area contributed by atoms with Gasteiger partial charge in [0.25, 0.3) is 0 Å². The van der Waals surface area contributed by atoms with E-state index in [4.69, 9.17) is 0 Å². The van der Waals surface area contributed by atoms with Crippen molar-refractivity contribution in [1.29, 1.82) is 0 Å². The second-order valence-corrected chi connectivity index (χ2v) is 3.67. The van der Waals surface area contributed by atoms with Crippen molar-refractivity contribution in [1.82, 2.24) is 9.97 Å². The van der Waals surface area contributed by atoms with E-state index in [2.05, 4.69) is 32.6 Å². The number of nitrogens with zero attached hydrogens (tertiary/aromatic N) is 3. The fourth-order valence-corrected chi connectivity index (χ4v) is 1.70. The number of hydrogen-bond donors (Lipinski definition) is 0. The Balaban J connectivity index is 3.15. The van der Waals surface area contributed by atoms with E-state index >= 15 is 0 Å². The number of hydrogen-bond acceptors (Lipinski definition) is 4. The monoisotopic (exact) mass is 405 g/mol. The molecule has 0 atom stereocenters. The van der Waals surface area contributed by atoms with Crippen molar-refractivity contribution in [2.24, 2.45) is 0 Å². The van der Waals surface area contributed by atoms with E-state index in [9.17, 15) is 10.1 Å². The number of rotatable bonds is 3. The summed E-state index contributed by atoms with van der Waals surface area (Å²) in [7, 11) is 0. The van der Waals surface area contributed by atoms with E-state index in [0.717, 1.165) is 0 Å². The molecule has 0 saturated carbocycles. The zero-order valence-electron chi connectivity index (χ0n) is 6.41. The molecule has 0 unspecified atom stereocenters. The molecule has 1 heterocycles. The van der Waals surface area contributed by atoms with E-state index in [1.54, 1.807) is 0 Å². The van der Waals surface area contributed by atoms with Crippen molar-refractivity contribution in [3.05, 3.63) is 27.8 Å². The molecule has 0 saturated heterocycles. The summed E-state index contributed by atoms with van der Waals surface area (Å²) in [4.78, 5) is 18.0. The van der Waals surface area contributed by atoms with E-state index in [1.165, 1.54) is 6.20 Å². The Morgan fingerprint density at radius 1 is 1.46 bits per heavy atom. The van der Waals surface area contributed by atoms with Gasteiger partial charge in [0.05, 0.1) is 9.35 Å². The predicted molar refractivity (Wildman–Crippen MR) is 64.1 cm³/mol. The molecule has 5 nitrogen and oxygen atoms in total. The Morgan fingerprint density at radius 2 is 2.15 bits per heavy atom. The summed E-state index contributed by atoms with van der Waals surface area (Å²) in [5.41, 5.74) is 0.496. The summed E-state index contributed by atoms with van der Waals surface area (Å²) in [5, 5.41) is 10.5. The first kappa shape index (κ1) is 11.0. The smallest absolute Gasteiger partial charge is 0.258 e. The van der Waals surface area contributed by atoms with Crippen molar-refractivity contribution in [3.8, 4) is 0 Å². The molecular weight excluding hydrogens is 400 g/mol. The minimum absolute atomic E-state index is 0.00278. The molecule has 1 aromatic heterocycles. The van der Waals surface area contributed by atoms with Crippen LogP contribution in [-0.2, 0) is 8.86 Å². The largest absolute Gasteiger partial charge is 0.309 e. The first-order chi connectivity index (χ1) is 6.19. The molecule has 0 aliphatic heterocycles. The maximum Gasteiger partial charge on any atom is 0.309 e. The maximum atomic E-state index is 10.5. The Kier molecular flexibility index (Phi) is 4.22. The molecule has 13 heavy (non-hydrogen) atoms. The van der Waals surface area contributed by atoms with Crippen LogP contribution < -0.4 is 0 Å². The topological polar surface area (TPSA) is 68.9 Å². The van der Waals surface area contributed by atoms with Crippen LogP contribution in [0.3, 0.4) is 0 Å². The van der Waals surface area contributed by atoms with Gasteiger partial charge in [-0.3, -0.25) is 10.1 Å². The maximum absolute atomic E-state index is 10.5. The molecule has 0 amide bonds. The average molecular weight is 405 g/mol. The van der Waals surface area contributed by atoms with Gasteiger partial charge in [0.2, 0.25) is 0 Å². The Hall–Kier alpha value is -0.0600. The number of nitro groups is 1. The van der Waals surface area contributed by atoms with Gasteiger partial charge in [-0.2, -0.15) is 0 Å². The summed E-state index contributed by atoms with van der Waals surface area (Å²) in [6.45, 7) is 0. The van der Waals surface area contributed by atoms with Crippen LogP contribution in [0, 0.1) is 10.1 Å². The van der Waals surface area contributed by atoms with Crippen molar-refractivity contribution in [2.75, 3.05) is 0 Å². The Labute approximate surface area is 102 Å². The van der Waals surface area contributed by atoms with Gasteiger partial charge in [0.15, 0.2) is 0 Å². The molecule has 1 rings (SSSR count). The van der Waals surface area contributed by atoms with Crippen molar-refractivity contribution >= 4 is 50.9 Å². The Morgan fingerprint density at radius 3 is 2.62 bits per heavy atom. The second kappa shape index (κ2) is 4.98. The lowest BCUT2D eigenvalue weighted by Crippen LogP contribution is -2.01. The highest BCUT2D eigenvalue weighted by atomic mass is 127. The standard InChI is InChI=1S/C6H5I2N3O2/c7-1-4-5(11(12)13)3-9-6(2-8)10-4/h3H,1-2H2. The van der Waals surface area contributed by atoms with Crippen LogP contribution in [0.5, 0.6) is 0 Å². The quantitative estimate of drug-likeness (QED) is 0.335. The molecule has 0 fully saturated rings. The van der Waals surface area contributed by atoms with Gasteiger partial charge < -0.3 is 0 Å². The van der Waals surface area contributed by atoms with E-state index in [0.29, 0.717) is 20.4 Å². The number of aromatic nitrogens is 2. The highest BCUT2D eigenvalue weighted by molar-refractivity contribution is 14.1. The molecule has 0 aromatic carbocycles. The fraction of sp³-hybridized carbons (Fsp3) is 0.333. The molecule has 0 bridgehead atoms. The first-order valence-corrected chi connectivity index (χ1v) is 6.35. The van der Waals surface area contributed by atoms with Gasteiger partial charge in [0, 0.05) is 4.43 Å². The average Bonchev–Trinajstić information content (AvgIpc) is 2.16. The number of halogens is 2. The van der Waals surface area contributed by atoms with Crippen LogP contribution in [0.4, 0.5) is 5.69 Å². The van der Waals surface area contributed by atoms with Crippen molar-refractivity contribution < 1.29 is 4.92 Å². The molecule has 0 aliphatic carbocycles. The highest BCUT2D eigenvalue weighted by Crippen LogP contribution is 2.18. The molecule has 0 radical (unpaired) electrons. The van der Waals surface area contributed by atoms with Crippen LogP contribution >= 0.6 is 45.2 Å². The molecule has 7 heteroatoms. The van der Waals surface area contributed by atoms with Crippen LogP contribution in [0.2, 0.25) is 0 Å². The second-order valence-electron chi connectivity index (χ2n) is 2.14. The third-order valence-corrected chi connectivity index (χ3v) is 2.74. The van der Waals surface area contributed by atoms with Gasteiger partial charge in [-0.05, 0) is 0 Å². The SMILES string of the molecule is O=[N+]([O-])c1cnc(CI)nc1CI. The zero-order chi connectivity index (χ0) is 9.84. The van der Waals surface area contributed by atoms with E-state index in [-0.39, 0.29) is 5.69 Å². The van der Waals surface area contributed by atoms with Crippen LogP contribution in [0.25, 0.3) is 0 Å². The summed E-state index contributed by atoms with van der Waals surface area (Å²) >= 11 is 4.17. The molecule has 1 aromatic rings. The first-order valence-electron chi connectivity index (χ1n) is 3.30. The molecule has 0 aliphatic rings. The Bertz CT molecular complexity index is 332. The third kappa shape index (κ3) is 2.69. The number of alkyl halides is 2. The van der Waals surface area contributed by atoms with Crippen LogP contribution in [0.1, 0.15) is 11.5 Å². The van der Waals surface area contributed by atoms with E-state index in [1.807, 2.05) is 22.6 Å². The van der Waals surface area contributed by atoms with Gasteiger partial charge in [-0.25, -0.2) is 9.97 Å². The zero-order valence-corrected chi connectivity index (χ0v) is 10.7. The summed E-state index contributed by atoms with van der Waals surface area (Å²) in [6, 6.07) is 0. The summed E-state index contributed by atoms with van der Waals surface area (Å²) in [5.74, 6) is 0.637. The molecule has 0 spiro atoms. The van der Waals surface area contributed by atoms with Crippen molar-refractivity contribution in [2.45, 2.75) is 8.86 Å². The lowest BCUT2D eigenvalue weighted by Gasteiger charge is -1.99. The summed E-state index contributed by atoms with van der Waals surface area (Å²) in [6.07, 6.45) is 1.27. The molecular formula is C6H5I2N3O2. The third-order valence-electron chi connectivity index (χ3n) is 1.34. The molecule has 0 N–H and O–H groups in total. The summed E-state index contributed by atoms with van der Waals surface area (Å²) < 4.78 is 1.19. The minimum Gasteiger partial charge on any atom is -0.258 e. The molecule has 70 valence electrons. The van der Waals surface area contributed by atoms with Gasteiger partial charge >= 0.3 is 5.69 Å². The van der Waals surface area contributed by atoms with Crippen LogP contribution in [0.15, 0.2) is 6.20 Å². The van der Waals surface area contributed by atoms with Gasteiger partial charge in [-0.1, -0.05) is 45.2 Å². The predicted octanol–water partition coefficient (Wildman–Crippen LogP) is 2.25. The lowest BCUT2D eigenvalue weighted by atomic mass is 10.4. The fourth-order valence-electron chi connectivity index (χ4n) is 0.767. The van der Waals surface area contributed by atoms with Crippen molar-refractivity contribution in [3.63, 3.8) is 0 Å². The van der Waals surface area contributed by atoms with Crippen LogP contribution in [-0.4, -0.2) is 14.9 Å². The lowest BCUT2D eigenvalue weighted by molar-refractivity contribution is -0.386. The van der Waals surface area contributed by atoms with Gasteiger partial charge in [0.1, 0.15) is 17.7 Å². The van der Waals surface area contributed by atoms with E-state index < -0.39 is 4.92 Å².